The molecule has 2 saturated carbocycles. The predicted octanol–water partition coefficient (Wildman–Crippen LogP) is 2.91. The van der Waals surface area contributed by atoms with Crippen molar-refractivity contribution in [3.63, 3.8) is 0 Å². The van der Waals surface area contributed by atoms with Crippen LogP contribution in [0.15, 0.2) is 12.7 Å². The van der Waals surface area contributed by atoms with Crippen LogP contribution in [0.1, 0.15) is 110 Å². The summed E-state index contributed by atoms with van der Waals surface area (Å²) in [4.78, 5) is 69.5. The number of urea groups is 1. The number of carbonyl (C=O) groups is 5. The van der Waals surface area contributed by atoms with Crippen molar-refractivity contribution in [2.45, 2.75) is 139 Å². The first-order valence-electron chi connectivity index (χ1n) is 18.2. The zero-order chi connectivity index (χ0) is 34.7. The molecule has 4 N–H and O–H groups in total. The summed E-state index contributed by atoms with van der Waals surface area (Å²) in [6.07, 6.45) is 12.0. The van der Waals surface area contributed by atoms with Crippen LogP contribution in [0.3, 0.4) is 0 Å². The molecule has 0 aromatic carbocycles. The van der Waals surface area contributed by atoms with Gasteiger partial charge in [0.25, 0.3) is 5.91 Å². The molecular weight excluding hydrogens is 634 g/mol. The zero-order valence-corrected chi connectivity index (χ0v) is 29.5. The van der Waals surface area contributed by atoms with Crippen molar-refractivity contribution in [3.8, 4) is 0 Å². The number of hydrogen-bond acceptors (Lipinski definition) is 7. The average Bonchev–Trinajstić information content (AvgIpc) is 3.36. The van der Waals surface area contributed by atoms with Crippen LogP contribution < -0.4 is 21.3 Å². The SMILES string of the molecule is C=CCNC(=O)C(=O)[C@@H]1CCCCCCCC[C@H](NC(=O)NC2([C@H]3CCCS3(=O)=O)CCCCC2)C(=O)N2C[C@H]3[C@@H]([C@H]2C(=O)N1)C3(C)C. The molecule has 5 amide bonds. The van der Waals surface area contributed by atoms with Gasteiger partial charge in [-0.3, -0.25) is 19.2 Å². The van der Waals surface area contributed by atoms with Gasteiger partial charge in [-0.1, -0.05) is 77.7 Å². The van der Waals surface area contributed by atoms with Crippen molar-refractivity contribution in [2.24, 2.45) is 17.3 Å². The first-order valence-corrected chi connectivity index (χ1v) is 19.9. The summed E-state index contributed by atoms with van der Waals surface area (Å²) in [7, 11) is -3.34. The van der Waals surface area contributed by atoms with Gasteiger partial charge in [0.15, 0.2) is 9.84 Å². The topological polar surface area (TPSA) is 171 Å². The Hall–Kier alpha value is -2.96. The maximum Gasteiger partial charge on any atom is 0.315 e. The number of nitrogens with one attached hydrogen (secondary N) is 4. The van der Waals surface area contributed by atoms with E-state index >= 15 is 0 Å². The van der Waals surface area contributed by atoms with Crippen LogP contribution in [0.2, 0.25) is 0 Å². The van der Waals surface area contributed by atoms with Crippen molar-refractivity contribution < 1.29 is 32.4 Å². The standard InChI is InChI=1S/C35H55N5O7S/c1-4-20-36-31(43)29(41)24-15-10-7-5-6-8-11-16-25(32(44)40-22-23-27(34(23,2)3)28(40)30(42)37-24)38-33(45)39-35(18-12-9-13-19-35)26-17-14-21-48(26,46)47/h4,23-28H,1,5-22H2,2-3H3,(H,36,43)(H,37,42)(H2,38,39,45)/t23-,24-,25-,26+,27-,28-/m0/s1. The monoisotopic (exact) mass is 689 g/mol. The summed E-state index contributed by atoms with van der Waals surface area (Å²) in [5.74, 6) is -2.19. The average molecular weight is 690 g/mol. The zero-order valence-electron chi connectivity index (χ0n) is 28.7. The number of fused-ring (bicyclic) bond motifs is 3. The highest BCUT2D eigenvalue weighted by Gasteiger charge is 2.69. The van der Waals surface area contributed by atoms with E-state index in [-0.39, 0.29) is 35.5 Å². The number of carbonyl (C=O) groups excluding carboxylic acids is 5. The van der Waals surface area contributed by atoms with Crippen LogP contribution in [0.25, 0.3) is 0 Å². The Morgan fingerprint density at radius 2 is 1.58 bits per heavy atom. The van der Waals surface area contributed by atoms with Crippen LogP contribution in [-0.4, -0.2) is 90.6 Å². The maximum absolute atomic E-state index is 14.4. The summed E-state index contributed by atoms with van der Waals surface area (Å²) in [5.41, 5.74) is -1.04. The Bertz CT molecular complexity index is 1370. The minimum absolute atomic E-state index is 0.0914. The summed E-state index contributed by atoms with van der Waals surface area (Å²) in [6.45, 7) is 8.21. The van der Waals surface area contributed by atoms with Crippen LogP contribution in [-0.2, 0) is 29.0 Å². The molecule has 5 aliphatic rings. The molecule has 0 unspecified atom stereocenters. The molecule has 5 fully saturated rings. The first kappa shape index (κ1) is 36.3. The molecule has 0 aromatic heterocycles. The number of rotatable bonds is 7. The smallest absolute Gasteiger partial charge is 0.315 e. The van der Waals surface area contributed by atoms with Gasteiger partial charge in [-0.2, -0.15) is 0 Å². The number of piperidine rings is 1. The number of amides is 5. The Morgan fingerprint density at radius 1 is 0.938 bits per heavy atom. The number of hydrogen-bond donors (Lipinski definition) is 4. The lowest BCUT2D eigenvalue weighted by molar-refractivity contribution is -0.144. The minimum Gasteiger partial charge on any atom is -0.346 e. The molecule has 48 heavy (non-hydrogen) atoms. The van der Waals surface area contributed by atoms with Crippen molar-refractivity contribution in [1.29, 1.82) is 0 Å². The van der Waals surface area contributed by atoms with E-state index in [4.69, 9.17) is 0 Å². The number of sulfone groups is 1. The highest BCUT2D eigenvalue weighted by atomic mass is 32.2. The molecule has 12 nitrogen and oxygen atoms in total. The molecule has 0 spiro atoms. The molecule has 0 radical (unpaired) electrons. The molecule has 5 rings (SSSR count). The van der Waals surface area contributed by atoms with Crippen LogP contribution in [0.4, 0.5) is 4.79 Å². The van der Waals surface area contributed by atoms with Crippen LogP contribution >= 0.6 is 0 Å². The molecule has 13 heteroatoms. The van der Waals surface area contributed by atoms with Gasteiger partial charge in [0.05, 0.1) is 22.6 Å². The summed E-state index contributed by atoms with van der Waals surface area (Å²) >= 11 is 0. The van der Waals surface area contributed by atoms with Crippen molar-refractivity contribution >= 4 is 39.4 Å². The molecule has 6 atom stereocenters. The van der Waals surface area contributed by atoms with Gasteiger partial charge in [-0.15, -0.1) is 6.58 Å². The minimum atomic E-state index is -3.34. The third-order valence-electron chi connectivity index (χ3n) is 11.9. The summed E-state index contributed by atoms with van der Waals surface area (Å²) in [6, 6.07) is -3.29. The lowest BCUT2D eigenvalue weighted by Gasteiger charge is -2.42. The van der Waals surface area contributed by atoms with Gasteiger partial charge < -0.3 is 26.2 Å². The second kappa shape index (κ2) is 14.9. The van der Waals surface area contributed by atoms with E-state index in [1.807, 2.05) is 0 Å². The highest BCUT2D eigenvalue weighted by Crippen LogP contribution is 2.65. The number of ketones is 1. The molecule has 3 heterocycles. The normalized spacial score (nSPS) is 33.1. The van der Waals surface area contributed by atoms with E-state index in [1.165, 1.54) is 6.08 Å². The highest BCUT2D eigenvalue weighted by molar-refractivity contribution is 7.92. The lowest BCUT2D eigenvalue weighted by atomic mass is 9.78. The fraction of sp³-hybridized carbons (Fsp3) is 0.800. The maximum atomic E-state index is 14.4. The van der Waals surface area contributed by atoms with Gasteiger partial charge in [-0.05, 0) is 55.8 Å². The third-order valence-corrected chi connectivity index (χ3v) is 14.3. The predicted molar refractivity (Wildman–Crippen MR) is 181 cm³/mol. The van der Waals surface area contributed by atoms with E-state index in [9.17, 15) is 32.4 Å². The number of Topliss-reactive ketones (excluding diaryl/α,β-unsaturated/α-hetero) is 1. The second-order valence-electron chi connectivity index (χ2n) is 15.4. The fourth-order valence-corrected chi connectivity index (χ4v) is 11.5. The molecule has 0 bridgehead atoms. The Kier molecular flexibility index (Phi) is 11.3. The number of nitrogens with zero attached hydrogens (tertiary/aromatic N) is 1. The summed E-state index contributed by atoms with van der Waals surface area (Å²) in [5, 5.41) is 10.8. The van der Waals surface area contributed by atoms with E-state index < -0.39 is 62.4 Å². The van der Waals surface area contributed by atoms with Crippen molar-refractivity contribution in [2.75, 3.05) is 18.8 Å². The molecule has 3 aliphatic heterocycles. The molecular formula is C35H55N5O7S. The Morgan fingerprint density at radius 3 is 2.23 bits per heavy atom. The quantitative estimate of drug-likeness (QED) is 0.235. The third kappa shape index (κ3) is 7.60. The molecule has 3 saturated heterocycles. The first-order chi connectivity index (χ1) is 22.8. The van der Waals surface area contributed by atoms with E-state index in [1.54, 1.807) is 4.90 Å². The van der Waals surface area contributed by atoms with E-state index in [2.05, 4.69) is 41.7 Å². The van der Waals surface area contributed by atoms with Gasteiger partial charge in [-0.25, -0.2) is 13.2 Å². The van der Waals surface area contributed by atoms with Crippen molar-refractivity contribution in [1.82, 2.24) is 26.2 Å². The lowest BCUT2D eigenvalue weighted by Crippen LogP contribution is -2.63. The summed E-state index contributed by atoms with van der Waals surface area (Å²) < 4.78 is 26.1. The Labute approximate surface area is 285 Å². The van der Waals surface area contributed by atoms with E-state index in [0.717, 1.165) is 44.9 Å². The van der Waals surface area contributed by atoms with Crippen LogP contribution in [0, 0.1) is 17.3 Å². The molecule has 2 aliphatic carbocycles. The Balaban J connectivity index is 1.37. The van der Waals surface area contributed by atoms with Crippen LogP contribution in [0.5, 0.6) is 0 Å². The molecule has 268 valence electrons. The molecule has 0 aromatic rings. The van der Waals surface area contributed by atoms with Crippen molar-refractivity contribution in [3.05, 3.63) is 12.7 Å². The van der Waals surface area contributed by atoms with Gasteiger partial charge in [0.1, 0.15) is 12.1 Å². The van der Waals surface area contributed by atoms with Gasteiger partial charge >= 0.3 is 6.03 Å². The van der Waals surface area contributed by atoms with Gasteiger partial charge in [0.2, 0.25) is 17.6 Å². The fourth-order valence-electron chi connectivity index (χ4n) is 9.15. The van der Waals surface area contributed by atoms with Gasteiger partial charge in [0, 0.05) is 13.1 Å². The second-order valence-corrected chi connectivity index (χ2v) is 17.7. The van der Waals surface area contributed by atoms with E-state index in [0.29, 0.717) is 57.9 Å². The largest absolute Gasteiger partial charge is 0.346 e.